The minimum absolute atomic E-state index is 0.0262. The van der Waals surface area contributed by atoms with Gasteiger partial charge in [0, 0.05) is 6.54 Å². The molecule has 1 aromatic carbocycles. The highest BCUT2D eigenvalue weighted by atomic mass is 32.2. The van der Waals surface area contributed by atoms with Gasteiger partial charge in [-0.2, -0.15) is 0 Å². The molecular weight excluding hydrogens is 504 g/mol. The van der Waals surface area contributed by atoms with Gasteiger partial charge < -0.3 is 4.90 Å². The van der Waals surface area contributed by atoms with E-state index in [1.165, 1.54) is 0 Å². The predicted molar refractivity (Wildman–Crippen MR) is 152 cm³/mol. The van der Waals surface area contributed by atoms with Crippen LogP contribution in [0.2, 0.25) is 0 Å². The number of carbonyl (C=O) groups is 2. The Balaban J connectivity index is 3.16. The van der Waals surface area contributed by atoms with Gasteiger partial charge in [0.1, 0.15) is 0 Å². The topological polar surface area (TPSA) is 119 Å². The first-order chi connectivity index (χ1) is 17.9. The van der Waals surface area contributed by atoms with Crippen LogP contribution in [0.1, 0.15) is 66.4 Å². The molecule has 2 atom stereocenters. The average molecular weight is 553 g/mol. The minimum atomic E-state index is -3.78. The zero-order valence-corrected chi connectivity index (χ0v) is 24.7. The van der Waals surface area contributed by atoms with E-state index in [0.29, 0.717) is 19.4 Å². The van der Waals surface area contributed by atoms with Crippen LogP contribution in [0, 0.1) is 23.7 Å². The molecule has 1 aromatic rings. The number of carbonyl (C=O) groups excluding carboxylic acids is 2. The number of sulfonamides is 1. The maximum atomic E-state index is 13.6. The van der Waals surface area contributed by atoms with Crippen LogP contribution in [0.3, 0.4) is 0 Å². The number of hydrogen-bond acceptors (Lipinski definition) is 6. The molecule has 0 saturated carbocycles. The fourth-order valence-electron chi connectivity index (χ4n) is 4.30. The van der Waals surface area contributed by atoms with Crippen molar-refractivity contribution < 1.29 is 23.2 Å². The Labute approximate surface area is 229 Å². The number of allylic oxidation sites excluding steroid dienone is 1. The Kier molecular flexibility index (Phi) is 15.4. The fourth-order valence-corrected chi connectivity index (χ4v) is 5.77. The van der Waals surface area contributed by atoms with Crippen molar-refractivity contribution in [3.8, 4) is 0 Å². The zero-order valence-electron chi connectivity index (χ0n) is 23.9. The first-order valence-electron chi connectivity index (χ1n) is 13.6. The van der Waals surface area contributed by atoms with E-state index in [1.54, 1.807) is 11.6 Å². The molecule has 0 aromatic heterocycles. The summed E-state index contributed by atoms with van der Waals surface area (Å²) in [6.45, 7) is 14.2. The molecular formula is C28H48N4O5S. The SMILES string of the molecule is CCN(CC)CCCS(=O)(=O)N(CC(C)C)NC(=O)[C@H](CC(C)C)[C@H](CC=Cc1ccccc1)C(=O)NO. The average Bonchev–Trinajstić information content (AvgIpc) is 2.87. The van der Waals surface area contributed by atoms with Crippen LogP contribution < -0.4 is 10.9 Å². The second-order valence-corrected chi connectivity index (χ2v) is 12.5. The summed E-state index contributed by atoms with van der Waals surface area (Å²) in [5.41, 5.74) is 5.28. The Morgan fingerprint density at radius 3 is 2.13 bits per heavy atom. The van der Waals surface area contributed by atoms with E-state index in [4.69, 9.17) is 0 Å². The van der Waals surface area contributed by atoms with E-state index in [9.17, 15) is 23.2 Å². The Bertz CT molecular complexity index is 963. The number of nitrogens with one attached hydrogen (secondary N) is 2. The van der Waals surface area contributed by atoms with Crippen molar-refractivity contribution in [1.82, 2.24) is 20.2 Å². The largest absolute Gasteiger partial charge is 0.304 e. The molecule has 0 aliphatic heterocycles. The molecule has 0 aliphatic carbocycles. The summed E-state index contributed by atoms with van der Waals surface area (Å²) >= 11 is 0. The van der Waals surface area contributed by atoms with Gasteiger partial charge >= 0.3 is 0 Å². The summed E-state index contributed by atoms with van der Waals surface area (Å²) in [6, 6.07) is 9.55. The van der Waals surface area contributed by atoms with Crippen LogP contribution in [-0.2, 0) is 19.6 Å². The molecule has 0 unspecified atom stereocenters. The van der Waals surface area contributed by atoms with Crippen molar-refractivity contribution in [3.63, 3.8) is 0 Å². The standard InChI is InChI=1S/C28H48N4O5S/c1-7-31(8-2)18-13-19-38(36,37)32(21-23(5)6)29-27(33)26(20-22(3)4)25(28(34)30-35)17-12-16-24-14-10-9-11-15-24/h9-12,14-16,22-23,25-26,35H,7-8,13,17-21H2,1-6H3,(H,29,33)(H,30,34)/t25-,26+/m0/s1. The van der Waals surface area contributed by atoms with Gasteiger partial charge in [0.2, 0.25) is 21.8 Å². The third kappa shape index (κ3) is 12.1. The number of nitrogens with zero attached hydrogens (tertiary/aromatic N) is 2. The summed E-state index contributed by atoms with van der Waals surface area (Å²) in [5.74, 6) is -3.01. The highest BCUT2D eigenvalue weighted by Crippen LogP contribution is 2.26. The van der Waals surface area contributed by atoms with E-state index >= 15 is 0 Å². The predicted octanol–water partition coefficient (Wildman–Crippen LogP) is 3.92. The minimum Gasteiger partial charge on any atom is -0.304 e. The van der Waals surface area contributed by atoms with Crippen molar-refractivity contribution in [3.05, 3.63) is 42.0 Å². The number of amides is 2. The zero-order chi connectivity index (χ0) is 28.7. The van der Waals surface area contributed by atoms with Crippen LogP contribution in [0.15, 0.2) is 36.4 Å². The van der Waals surface area contributed by atoms with Gasteiger partial charge in [-0.25, -0.2) is 13.9 Å². The monoisotopic (exact) mass is 552 g/mol. The van der Waals surface area contributed by atoms with Crippen molar-refractivity contribution in [2.24, 2.45) is 23.7 Å². The van der Waals surface area contributed by atoms with Crippen LogP contribution in [0.4, 0.5) is 0 Å². The van der Waals surface area contributed by atoms with E-state index in [-0.39, 0.29) is 30.6 Å². The Morgan fingerprint density at radius 1 is 0.974 bits per heavy atom. The number of rotatable bonds is 18. The van der Waals surface area contributed by atoms with Crippen molar-refractivity contribution >= 4 is 27.9 Å². The van der Waals surface area contributed by atoms with Gasteiger partial charge in [-0.3, -0.25) is 20.2 Å². The molecule has 3 N–H and O–H groups in total. The van der Waals surface area contributed by atoms with Gasteiger partial charge in [0.25, 0.3) is 0 Å². The number of hydroxylamine groups is 1. The first kappa shape index (κ1) is 33.8. The molecule has 0 saturated heterocycles. The van der Waals surface area contributed by atoms with Crippen LogP contribution >= 0.6 is 0 Å². The van der Waals surface area contributed by atoms with Gasteiger partial charge in [-0.15, -0.1) is 4.41 Å². The summed E-state index contributed by atoms with van der Waals surface area (Å²) < 4.78 is 27.6. The molecule has 216 valence electrons. The van der Waals surface area contributed by atoms with Gasteiger partial charge in [-0.1, -0.05) is 84.0 Å². The molecule has 1 rings (SSSR count). The molecule has 38 heavy (non-hydrogen) atoms. The van der Waals surface area contributed by atoms with Crippen molar-refractivity contribution in [1.29, 1.82) is 0 Å². The van der Waals surface area contributed by atoms with Crippen LogP contribution in [0.25, 0.3) is 6.08 Å². The molecule has 0 bridgehead atoms. The maximum Gasteiger partial charge on any atom is 0.247 e. The van der Waals surface area contributed by atoms with Crippen LogP contribution in [-0.4, -0.2) is 66.7 Å². The normalized spacial score (nSPS) is 14.0. The smallest absolute Gasteiger partial charge is 0.247 e. The molecule has 10 heteroatoms. The molecule has 0 heterocycles. The molecule has 2 amide bonds. The Morgan fingerprint density at radius 2 is 1.61 bits per heavy atom. The van der Waals surface area contributed by atoms with E-state index in [2.05, 4.69) is 10.3 Å². The number of benzene rings is 1. The highest BCUT2D eigenvalue weighted by Gasteiger charge is 2.36. The summed E-state index contributed by atoms with van der Waals surface area (Å²) in [5, 5.41) is 9.43. The van der Waals surface area contributed by atoms with Crippen molar-refractivity contribution in [2.45, 2.75) is 60.8 Å². The number of hydrogen-bond donors (Lipinski definition) is 3. The number of hydrazine groups is 1. The quantitative estimate of drug-likeness (QED) is 0.188. The highest BCUT2D eigenvalue weighted by molar-refractivity contribution is 7.89. The molecule has 0 fully saturated rings. The lowest BCUT2D eigenvalue weighted by molar-refractivity contribution is -0.141. The van der Waals surface area contributed by atoms with Gasteiger partial charge in [0.05, 0.1) is 17.6 Å². The lowest BCUT2D eigenvalue weighted by Gasteiger charge is -2.30. The lowest BCUT2D eigenvalue weighted by atomic mass is 9.82. The van der Waals surface area contributed by atoms with E-state index < -0.39 is 33.7 Å². The van der Waals surface area contributed by atoms with E-state index in [1.807, 2.05) is 78.0 Å². The van der Waals surface area contributed by atoms with Gasteiger partial charge in [0.15, 0.2) is 0 Å². The fraction of sp³-hybridized carbons (Fsp3) is 0.643. The molecule has 0 spiro atoms. The summed E-state index contributed by atoms with van der Waals surface area (Å²) in [6.07, 6.45) is 4.65. The second kappa shape index (κ2) is 17.3. The lowest BCUT2D eigenvalue weighted by Crippen LogP contribution is -2.52. The molecule has 0 aliphatic rings. The van der Waals surface area contributed by atoms with Gasteiger partial charge in [-0.05, 0) is 56.3 Å². The van der Waals surface area contributed by atoms with Crippen molar-refractivity contribution in [2.75, 3.05) is 31.9 Å². The molecule has 9 nitrogen and oxygen atoms in total. The first-order valence-corrected chi connectivity index (χ1v) is 15.2. The third-order valence-electron chi connectivity index (χ3n) is 6.37. The third-order valence-corrected chi connectivity index (χ3v) is 8.08. The van der Waals surface area contributed by atoms with Crippen LogP contribution in [0.5, 0.6) is 0 Å². The summed E-state index contributed by atoms with van der Waals surface area (Å²) in [7, 11) is -3.78. The second-order valence-electron chi connectivity index (χ2n) is 10.5. The maximum absolute atomic E-state index is 13.6. The molecule has 0 radical (unpaired) electrons. The summed E-state index contributed by atoms with van der Waals surface area (Å²) in [4.78, 5) is 28.4. The Hall–Kier alpha value is -2.27. The van der Waals surface area contributed by atoms with E-state index in [0.717, 1.165) is 23.1 Å².